The molecule has 132 valence electrons. The number of hydrogen-bond donors (Lipinski definition) is 0. The zero-order valence-corrected chi connectivity index (χ0v) is 14.4. The lowest BCUT2D eigenvalue weighted by molar-refractivity contribution is -0.384. The van der Waals surface area contributed by atoms with Crippen molar-refractivity contribution in [3.05, 3.63) is 39.9 Å². The minimum atomic E-state index is -0.544. The molecule has 1 amide bonds. The van der Waals surface area contributed by atoms with Crippen molar-refractivity contribution in [1.82, 2.24) is 9.80 Å². The van der Waals surface area contributed by atoms with Crippen LogP contribution in [0.2, 0.25) is 0 Å². The van der Waals surface area contributed by atoms with Crippen LogP contribution in [0.4, 0.5) is 5.69 Å². The second kappa shape index (κ2) is 8.97. The molecule has 1 atom stereocenters. The lowest BCUT2D eigenvalue weighted by atomic mass is 10.1. The summed E-state index contributed by atoms with van der Waals surface area (Å²) in [7, 11) is 5.05. The van der Waals surface area contributed by atoms with Crippen LogP contribution in [0.5, 0.6) is 0 Å². The Hall–Kier alpha value is -2.48. The molecule has 0 spiro atoms. The number of nitro groups is 1. The first-order chi connectivity index (χ1) is 11.3. The number of amides is 1. The highest BCUT2D eigenvalue weighted by atomic mass is 16.6. The molecule has 1 rings (SSSR count). The van der Waals surface area contributed by atoms with Gasteiger partial charge in [-0.15, -0.1) is 0 Å². The van der Waals surface area contributed by atoms with Crippen LogP contribution in [-0.4, -0.2) is 67.4 Å². The Morgan fingerprint density at radius 2 is 1.96 bits per heavy atom. The molecule has 0 aliphatic heterocycles. The van der Waals surface area contributed by atoms with Gasteiger partial charge in [-0.3, -0.25) is 19.7 Å². The van der Waals surface area contributed by atoms with Crippen LogP contribution < -0.4 is 0 Å². The molecule has 0 radical (unpaired) electrons. The predicted octanol–water partition coefficient (Wildman–Crippen LogP) is 1.41. The lowest BCUT2D eigenvalue weighted by Crippen LogP contribution is -2.41. The van der Waals surface area contributed by atoms with E-state index in [1.54, 1.807) is 6.92 Å². The highest BCUT2D eigenvalue weighted by molar-refractivity contribution is 5.95. The van der Waals surface area contributed by atoms with Crippen molar-refractivity contribution in [1.29, 1.82) is 0 Å². The number of benzene rings is 1. The summed E-state index contributed by atoms with van der Waals surface area (Å²) in [5.41, 5.74) is 0.0782. The first-order valence-electron chi connectivity index (χ1n) is 7.52. The van der Waals surface area contributed by atoms with Crippen LogP contribution in [0.3, 0.4) is 0 Å². The van der Waals surface area contributed by atoms with Crippen LogP contribution in [0.25, 0.3) is 0 Å². The maximum atomic E-state index is 12.7. The monoisotopic (exact) mass is 337 g/mol. The number of rotatable bonds is 8. The fourth-order valence-corrected chi connectivity index (χ4v) is 2.14. The van der Waals surface area contributed by atoms with E-state index in [0.29, 0.717) is 13.1 Å². The van der Waals surface area contributed by atoms with Gasteiger partial charge in [0, 0.05) is 37.3 Å². The van der Waals surface area contributed by atoms with Crippen LogP contribution in [0.15, 0.2) is 24.3 Å². The van der Waals surface area contributed by atoms with E-state index >= 15 is 0 Å². The minimum Gasteiger partial charge on any atom is -0.469 e. The topological polar surface area (TPSA) is 93.0 Å². The van der Waals surface area contributed by atoms with Crippen LogP contribution >= 0.6 is 0 Å². The van der Waals surface area contributed by atoms with E-state index in [1.165, 1.54) is 36.3 Å². The van der Waals surface area contributed by atoms with Gasteiger partial charge in [0.15, 0.2) is 0 Å². The number of carbonyl (C=O) groups is 2. The maximum Gasteiger partial charge on any atom is 0.310 e. The molecular weight excluding hydrogens is 314 g/mol. The molecule has 1 aromatic rings. The fourth-order valence-electron chi connectivity index (χ4n) is 2.14. The number of nitrogens with zero attached hydrogens (tertiary/aromatic N) is 3. The Kier molecular flexibility index (Phi) is 7.31. The summed E-state index contributed by atoms with van der Waals surface area (Å²) in [6.45, 7) is 2.86. The zero-order chi connectivity index (χ0) is 18.3. The average molecular weight is 337 g/mol. The summed E-state index contributed by atoms with van der Waals surface area (Å²) in [5.74, 6) is -1.24. The Balaban J connectivity index is 2.99. The first kappa shape index (κ1) is 19.6. The molecule has 0 heterocycles. The number of ether oxygens (including phenoxy) is 1. The van der Waals surface area contributed by atoms with Crippen molar-refractivity contribution >= 4 is 17.6 Å². The van der Waals surface area contributed by atoms with Crippen molar-refractivity contribution in [2.45, 2.75) is 6.92 Å². The number of likely N-dealkylation sites (N-methyl/N-ethyl adjacent to an activating group) is 1. The van der Waals surface area contributed by atoms with Crippen molar-refractivity contribution in [2.75, 3.05) is 40.8 Å². The summed E-state index contributed by atoms with van der Waals surface area (Å²) >= 11 is 0. The molecule has 0 aromatic heterocycles. The SMILES string of the molecule is COC(=O)C(C)CN(CCN(C)C)C(=O)c1cccc([N+](=O)[O-])c1. The third-order valence-corrected chi connectivity index (χ3v) is 3.51. The van der Waals surface area contributed by atoms with Gasteiger partial charge in [0.05, 0.1) is 18.0 Å². The zero-order valence-electron chi connectivity index (χ0n) is 14.4. The summed E-state index contributed by atoms with van der Waals surface area (Å²) < 4.78 is 4.70. The molecule has 0 saturated heterocycles. The van der Waals surface area contributed by atoms with Crippen molar-refractivity contribution in [3.63, 3.8) is 0 Å². The third kappa shape index (κ3) is 5.62. The Morgan fingerprint density at radius 3 is 2.50 bits per heavy atom. The van der Waals surface area contributed by atoms with E-state index in [4.69, 9.17) is 4.74 Å². The molecule has 8 heteroatoms. The number of carbonyl (C=O) groups excluding carboxylic acids is 2. The van der Waals surface area contributed by atoms with Gasteiger partial charge < -0.3 is 14.5 Å². The largest absolute Gasteiger partial charge is 0.469 e. The molecule has 0 N–H and O–H groups in total. The molecular formula is C16H23N3O5. The summed E-state index contributed by atoms with van der Waals surface area (Å²) in [5, 5.41) is 10.9. The van der Waals surface area contributed by atoms with Crippen molar-refractivity contribution in [3.8, 4) is 0 Å². The van der Waals surface area contributed by atoms with E-state index in [1.807, 2.05) is 19.0 Å². The average Bonchev–Trinajstić information content (AvgIpc) is 2.56. The molecule has 0 bridgehead atoms. The van der Waals surface area contributed by atoms with E-state index in [2.05, 4.69) is 0 Å². The number of non-ortho nitro benzene ring substituents is 1. The highest BCUT2D eigenvalue weighted by Gasteiger charge is 2.23. The minimum absolute atomic E-state index is 0.144. The Morgan fingerprint density at radius 1 is 1.29 bits per heavy atom. The predicted molar refractivity (Wildman–Crippen MR) is 88.7 cm³/mol. The standard InChI is InChI=1S/C16H23N3O5/c1-12(16(21)24-4)11-18(9-8-17(2)3)15(20)13-6-5-7-14(10-13)19(22)23/h5-7,10,12H,8-9,11H2,1-4H3. The fraction of sp³-hybridized carbons (Fsp3) is 0.500. The van der Waals surface area contributed by atoms with Gasteiger partial charge >= 0.3 is 5.97 Å². The van der Waals surface area contributed by atoms with Crippen LogP contribution in [0.1, 0.15) is 17.3 Å². The van der Waals surface area contributed by atoms with Crippen LogP contribution in [0, 0.1) is 16.0 Å². The summed E-state index contributed by atoms with van der Waals surface area (Å²) in [4.78, 5) is 38.1. The highest BCUT2D eigenvalue weighted by Crippen LogP contribution is 2.16. The smallest absolute Gasteiger partial charge is 0.310 e. The number of methoxy groups -OCH3 is 1. The van der Waals surface area contributed by atoms with Gasteiger partial charge in [0.25, 0.3) is 11.6 Å². The maximum absolute atomic E-state index is 12.7. The number of hydrogen-bond acceptors (Lipinski definition) is 6. The molecule has 0 saturated carbocycles. The normalized spacial score (nSPS) is 11.9. The summed E-state index contributed by atoms with van der Waals surface area (Å²) in [6, 6.07) is 5.58. The first-order valence-corrected chi connectivity index (χ1v) is 7.52. The van der Waals surface area contributed by atoms with Gasteiger partial charge in [-0.1, -0.05) is 13.0 Å². The van der Waals surface area contributed by atoms with Gasteiger partial charge in [0.2, 0.25) is 0 Å². The quantitative estimate of drug-likeness (QED) is 0.404. The lowest BCUT2D eigenvalue weighted by Gasteiger charge is -2.26. The molecule has 24 heavy (non-hydrogen) atoms. The van der Waals surface area contributed by atoms with Crippen LogP contribution in [-0.2, 0) is 9.53 Å². The van der Waals surface area contributed by atoms with E-state index in [-0.39, 0.29) is 23.7 Å². The molecule has 1 unspecified atom stereocenters. The van der Waals surface area contributed by atoms with Crippen molar-refractivity contribution < 1.29 is 19.2 Å². The van der Waals surface area contributed by atoms with E-state index in [0.717, 1.165) is 0 Å². The molecule has 0 aliphatic rings. The van der Waals surface area contributed by atoms with Gasteiger partial charge in [-0.25, -0.2) is 0 Å². The van der Waals surface area contributed by atoms with Gasteiger partial charge in [-0.05, 0) is 20.2 Å². The van der Waals surface area contributed by atoms with Gasteiger partial charge in [-0.2, -0.15) is 0 Å². The Bertz CT molecular complexity index is 603. The second-order valence-electron chi connectivity index (χ2n) is 5.79. The molecule has 1 aromatic carbocycles. The molecule has 0 fully saturated rings. The molecule has 8 nitrogen and oxygen atoms in total. The molecule has 0 aliphatic carbocycles. The number of esters is 1. The second-order valence-corrected chi connectivity index (χ2v) is 5.79. The summed E-state index contributed by atoms with van der Waals surface area (Å²) in [6.07, 6.45) is 0. The number of nitro benzene ring substituents is 1. The van der Waals surface area contributed by atoms with Crippen molar-refractivity contribution in [2.24, 2.45) is 5.92 Å². The van der Waals surface area contributed by atoms with Gasteiger partial charge in [0.1, 0.15) is 0 Å². The van der Waals surface area contributed by atoms with E-state index < -0.39 is 16.8 Å². The third-order valence-electron chi connectivity index (χ3n) is 3.51. The Labute approximate surface area is 141 Å². The van der Waals surface area contributed by atoms with E-state index in [9.17, 15) is 19.7 Å².